The van der Waals surface area contributed by atoms with Gasteiger partial charge in [-0.3, -0.25) is 4.57 Å². The summed E-state index contributed by atoms with van der Waals surface area (Å²) >= 11 is 0. The third-order valence-corrected chi connectivity index (χ3v) is 4.50. The van der Waals surface area contributed by atoms with Gasteiger partial charge in [-0.25, -0.2) is 0 Å². The van der Waals surface area contributed by atoms with Crippen LogP contribution in [-0.4, -0.2) is 55.4 Å². The minimum absolute atomic E-state index is 0.0199. The number of aromatic hydroxyl groups is 3. The Labute approximate surface area is 169 Å². The number of nitrogens with zero attached hydrogens (tertiary/aromatic N) is 5. The number of hydrogen-bond donors (Lipinski definition) is 3. The third kappa shape index (κ3) is 4.48. The lowest BCUT2D eigenvalue weighted by Crippen LogP contribution is -2.04. The Balaban J connectivity index is 1.94. The summed E-state index contributed by atoms with van der Waals surface area (Å²) < 4.78 is 1.51. The lowest BCUT2D eigenvalue weighted by Gasteiger charge is -2.13. The molecular formula is C21H25N5O3. The first-order valence-corrected chi connectivity index (χ1v) is 9.25. The van der Waals surface area contributed by atoms with Crippen LogP contribution in [-0.2, 0) is 6.54 Å². The summed E-state index contributed by atoms with van der Waals surface area (Å²) in [6.07, 6.45) is 1.76. The Morgan fingerprint density at radius 1 is 1.03 bits per heavy atom. The quantitative estimate of drug-likeness (QED) is 0.437. The third-order valence-electron chi connectivity index (χ3n) is 4.50. The second-order valence-electron chi connectivity index (χ2n) is 7.33. The molecule has 3 aromatic rings. The van der Waals surface area contributed by atoms with Crippen molar-refractivity contribution in [1.29, 1.82) is 0 Å². The molecule has 0 aliphatic heterocycles. The Kier molecular flexibility index (Phi) is 5.72. The molecule has 0 saturated carbocycles. The smallest absolute Gasteiger partial charge is 0.315 e. The molecule has 0 atom stereocenters. The lowest BCUT2D eigenvalue weighted by atomic mass is 9.98. The second kappa shape index (κ2) is 8.22. The highest BCUT2D eigenvalue weighted by Gasteiger charge is 2.20. The molecule has 0 aliphatic carbocycles. The summed E-state index contributed by atoms with van der Waals surface area (Å²) in [7, 11) is 3.70. The van der Waals surface area contributed by atoms with Gasteiger partial charge in [0.2, 0.25) is 0 Å². The summed E-state index contributed by atoms with van der Waals surface area (Å²) in [5.74, 6) is 0.262. The molecule has 0 radical (unpaired) electrons. The minimum Gasteiger partial charge on any atom is -0.508 e. The van der Waals surface area contributed by atoms with Crippen LogP contribution >= 0.6 is 0 Å². The largest absolute Gasteiger partial charge is 0.508 e. The highest BCUT2D eigenvalue weighted by Crippen LogP contribution is 2.38. The van der Waals surface area contributed by atoms with Crippen molar-refractivity contribution in [3.63, 3.8) is 0 Å². The maximum atomic E-state index is 10.3. The average molecular weight is 395 g/mol. The summed E-state index contributed by atoms with van der Waals surface area (Å²) in [6.45, 7) is 4.20. The van der Waals surface area contributed by atoms with Crippen molar-refractivity contribution in [3.8, 4) is 28.9 Å². The SMILES string of the molecule is CC(C)c1cc(-c2nnc(O)n2Cc2ccc(C=NN(C)C)cc2)c(O)cc1O. The van der Waals surface area contributed by atoms with Gasteiger partial charge in [-0.15, -0.1) is 5.10 Å². The summed E-state index contributed by atoms with van der Waals surface area (Å²) in [5.41, 5.74) is 2.95. The van der Waals surface area contributed by atoms with Crippen LogP contribution in [0.1, 0.15) is 36.5 Å². The zero-order valence-electron chi connectivity index (χ0n) is 16.9. The molecule has 1 heterocycles. The maximum absolute atomic E-state index is 10.3. The first-order chi connectivity index (χ1) is 13.8. The van der Waals surface area contributed by atoms with E-state index in [-0.39, 0.29) is 23.4 Å². The molecule has 0 saturated heterocycles. The van der Waals surface area contributed by atoms with Crippen LogP contribution in [0.15, 0.2) is 41.5 Å². The van der Waals surface area contributed by atoms with E-state index < -0.39 is 0 Å². The van der Waals surface area contributed by atoms with E-state index in [1.807, 2.05) is 52.2 Å². The fourth-order valence-corrected chi connectivity index (χ4v) is 2.95. The van der Waals surface area contributed by atoms with Gasteiger partial charge in [0.25, 0.3) is 0 Å². The van der Waals surface area contributed by atoms with Crippen molar-refractivity contribution < 1.29 is 15.3 Å². The number of phenols is 2. The number of rotatable bonds is 6. The zero-order chi connectivity index (χ0) is 21.1. The van der Waals surface area contributed by atoms with Crippen molar-refractivity contribution in [3.05, 3.63) is 53.1 Å². The topological polar surface area (TPSA) is 107 Å². The summed E-state index contributed by atoms with van der Waals surface area (Å²) in [6, 6.07) is 10.4. The predicted octanol–water partition coefficient (Wildman–Crippen LogP) is 3.13. The fraction of sp³-hybridized carbons (Fsp3) is 0.286. The lowest BCUT2D eigenvalue weighted by molar-refractivity contribution is 0.404. The van der Waals surface area contributed by atoms with E-state index in [1.54, 1.807) is 17.3 Å². The number of hydrazone groups is 1. The van der Waals surface area contributed by atoms with Crippen LogP contribution < -0.4 is 0 Å². The fourth-order valence-electron chi connectivity index (χ4n) is 2.95. The molecule has 152 valence electrons. The minimum atomic E-state index is -0.253. The van der Waals surface area contributed by atoms with E-state index in [0.717, 1.165) is 11.1 Å². The van der Waals surface area contributed by atoms with Crippen LogP contribution in [0, 0.1) is 0 Å². The number of aromatic nitrogens is 3. The Bertz CT molecular complexity index is 1020. The Morgan fingerprint density at radius 3 is 2.34 bits per heavy atom. The molecule has 3 N–H and O–H groups in total. The van der Waals surface area contributed by atoms with E-state index in [4.69, 9.17) is 0 Å². The van der Waals surface area contributed by atoms with E-state index in [9.17, 15) is 15.3 Å². The molecule has 0 unspecified atom stereocenters. The molecule has 29 heavy (non-hydrogen) atoms. The van der Waals surface area contributed by atoms with Gasteiger partial charge in [-0.2, -0.15) is 5.10 Å². The van der Waals surface area contributed by atoms with E-state index >= 15 is 0 Å². The number of hydrogen-bond acceptors (Lipinski definition) is 7. The molecule has 8 nitrogen and oxygen atoms in total. The maximum Gasteiger partial charge on any atom is 0.315 e. The average Bonchev–Trinajstić information content (AvgIpc) is 3.01. The van der Waals surface area contributed by atoms with E-state index in [0.29, 0.717) is 23.5 Å². The molecule has 0 fully saturated rings. The van der Waals surface area contributed by atoms with Crippen LogP contribution in [0.4, 0.5) is 0 Å². The zero-order valence-corrected chi connectivity index (χ0v) is 16.9. The molecule has 8 heteroatoms. The van der Waals surface area contributed by atoms with E-state index in [2.05, 4.69) is 15.3 Å². The Morgan fingerprint density at radius 2 is 1.72 bits per heavy atom. The number of benzene rings is 2. The molecule has 0 spiro atoms. The number of phenolic OH excluding ortho intramolecular Hbond substituents is 2. The normalized spacial score (nSPS) is 11.5. The second-order valence-corrected chi connectivity index (χ2v) is 7.33. The van der Waals surface area contributed by atoms with Crippen LogP contribution in [0.5, 0.6) is 17.5 Å². The summed E-state index contributed by atoms with van der Waals surface area (Å²) in [5, 5.41) is 44.4. The van der Waals surface area contributed by atoms with Crippen LogP contribution in [0.25, 0.3) is 11.4 Å². The van der Waals surface area contributed by atoms with Crippen molar-refractivity contribution in [2.24, 2.45) is 5.10 Å². The van der Waals surface area contributed by atoms with Crippen LogP contribution in [0.3, 0.4) is 0 Å². The van der Waals surface area contributed by atoms with Gasteiger partial charge < -0.3 is 20.3 Å². The molecule has 0 amide bonds. The molecule has 1 aromatic heterocycles. The molecular weight excluding hydrogens is 370 g/mol. The first-order valence-electron chi connectivity index (χ1n) is 9.25. The van der Waals surface area contributed by atoms with Gasteiger partial charge >= 0.3 is 6.01 Å². The van der Waals surface area contributed by atoms with Crippen molar-refractivity contribution in [2.45, 2.75) is 26.3 Å². The van der Waals surface area contributed by atoms with Gasteiger partial charge in [0.1, 0.15) is 11.5 Å². The van der Waals surface area contributed by atoms with Gasteiger partial charge in [-0.1, -0.05) is 43.2 Å². The van der Waals surface area contributed by atoms with Gasteiger partial charge in [-0.05, 0) is 28.7 Å². The highest BCUT2D eigenvalue weighted by atomic mass is 16.3. The predicted molar refractivity (Wildman–Crippen MR) is 111 cm³/mol. The monoisotopic (exact) mass is 395 g/mol. The van der Waals surface area contributed by atoms with Gasteiger partial charge in [0.05, 0.1) is 18.3 Å². The van der Waals surface area contributed by atoms with Gasteiger partial charge in [0.15, 0.2) is 5.82 Å². The van der Waals surface area contributed by atoms with Gasteiger partial charge in [0, 0.05) is 20.2 Å². The highest BCUT2D eigenvalue weighted by molar-refractivity contribution is 5.79. The molecule has 3 rings (SSSR count). The van der Waals surface area contributed by atoms with E-state index in [1.165, 1.54) is 10.6 Å². The van der Waals surface area contributed by atoms with Crippen LogP contribution in [0.2, 0.25) is 0 Å². The Hall–Kier alpha value is -3.55. The first kappa shape index (κ1) is 20.2. The summed E-state index contributed by atoms with van der Waals surface area (Å²) in [4.78, 5) is 0. The van der Waals surface area contributed by atoms with Crippen molar-refractivity contribution in [1.82, 2.24) is 19.8 Å². The standard InChI is InChI=1S/C21H25N5O3/c1-13(2)16-9-17(19(28)10-18(16)27)20-23-24-21(29)26(20)12-15-7-5-14(6-8-15)11-22-25(3)4/h5-11,13,27-28H,12H2,1-4H3,(H,24,29). The van der Waals surface area contributed by atoms with Crippen molar-refractivity contribution in [2.75, 3.05) is 14.1 Å². The molecule has 0 aliphatic rings. The molecule has 0 bridgehead atoms. The molecule has 2 aromatic carbocycles. The van der Waals surface area contributed by atoms with Crippen molar-refractivity contribution >= 4 is 6.21 Å².